The zero-order valence-electron chi connectivity index (χ0n) is 38.5. The van der Waals surface area contributed by atoms with E-state index in [1.807, 2.05) is 6.08 Å². The van der Waals surface area contributed by atoms with Gasteiger partial charge in [-0.3, -0.25) is 32.5 Å². The van der Waals surface area contributed by atoms with Crippen LogP contribution in [0.1, 0.15) is 84.8 Å². The number of allylic oxidation sites excluding steroid dienone is 9. The van der Waals surface area contributed by atoms with Gasteiger partial charge >= 0.3 is 23.5 Å². The lowest BCUT2D eigenvalue weighted by Gasteiger charge is -2.30. The number of aliphatic hydroxyl groups is 2. The minimum Gasteiger partial charge on any atom is -0.386 e. The number of nitrogens with one attached hydrogen (secondary N) is 2. The SMILES string of the molecule is CC/C=C\C/C=C\C/C=C\C/C=C\CCCC/C=C/C(=O)SCCNC(=O)CCNC(=O)[C@H](O)C(C)(C)COP(=O)(O)OP(=O)(O)OC[C@H]1O[C@@H](n2cnc3c(N)ncnc32)[C@H](O)[C@@H]1OP(=O)(O)O. The molecule has 7 atom stereocenters. The van der Waals surface area contributed by atoms with Crippen LogP contribution < -0.4 is 16.4 Å². The minimum absolute atomic E-state index is 0.0295. The second-order valence-electron chi connectivity index (χ2n) is 15.9. The number of hydrogen-bond acceptors (Lipinski definition) is 18. The van der Waals surface area contributed by atoms with E-state index in [0.29, 0.717) is 5.75 Å². The van der Waals surface area contributed by atoms with Crippen LogP contribution in [0.3, 0.4) is 0 Å². The Labute approximate surface area is 404 Å². The van der Waals surface area contributed by atoms with Crippen molar-refractivity contribution >= 4 is 69.1 Å². The van der Waals surface area contributed by atoms with Crippen molar-refractivity contribution < 1.29 is 80.5 Å². The lowest BCUT2D eigenvalue weighted by atomic mass is 9.87. The van der Waals surface area contributed by atoms with Crippen molar-refractivity contribution in [2.24, 2.45) is 5.41 Å². The molecular weight excluding hydrogens is 987 g/mol. The van der Waals surface area contributed by atoms with Crippen LogP contribution >= 0.6 is 35.2 Å². The molecule has 386 valence electrons. The molecule has 2 aromatic rings. The van der Waals surface area contributed by atoms with E-state index in [9.17, 15) is 57.9 Å². The van der Waals surface area contributed by atoms with Gasteiger partial charge in [0.05, 0.1) is 19.5 Å². The lowest BCUT2D eigenvalue weighted by molar-refractivity contribution is -0.137. The number of imidazole rings is 1. The highest BCUT2D eigenvalue weighted by atomic mass is 32.2. The van der Waals surface area contributed by atoms with E-state index in [-0.39, 0.29) is 41.6 Å². The molecule has 2 aromatic heterocycles. The average molecular weight is 1050 g/mol. The molecule has 24 nitrogen and oxygen atoms in total. The normalized spacial score (nSPS) is 20.4. The van der Waals surface area contributed by atoms with Gasteiger partial charge in [-0.05, 0) is 57.4 Å². The van der Waals surface area contributed by atoms with Crippen molar-refractivity contribution in [2.45, 2.75) is 109 Å². The molecule has 3 heterocycles. The number of nitrogens with zero attached hydrogens (tertiary/aromatic N) is 4. The van der Waals surface area contributed by atoms with E-state index in [1.54, 1.807) is 0 Å². The second kappa shape index (κ2) is 29.6. The molecule has 28 heteroatoms. The highest BCUT2D eigenvalue weighted by Gasteiger charge is 2.50. The Bertz CT molecular complexity index is 2270. The fourth-order valence-electron chi connectivity index (χ4n) is 6.13. The summed E-state index contributed by atoms with van der Waals surface area (Å²) >= 11 is 1.05. The number of phosphoric ester groups is 3. The summed E-state index contributed by atoms with van der Waals surface area (Å²) in [5, 5.41) is 26.4. The van der Waals surface area contributed by atoms with Crippen LogP contribution in [-0.4, -0.2) is 123 Å². The maximum atomic E-state index is 12.7. The Morgan fingerprint density at radius 3 is 2.17 bits per heavy atom. The number of unbranched alkanes of at least 4 members (excludes halogenated alkanes) is 3. The molecule has 1 saturated heterocycles. The molecule has 0 aliphatic carbocycles. The van der Waals surface area contributed by atoms with Gasteiger partial charge < -0.3 is 50.9 Å². The molecule has 1 aliphatic heterocycles. The summed E-state index contributed by atoms with van der Waals surface area (Å²) in [7, 11) is -16.4. The van der Waals surface area contributed by atoms with Gasteiger partial charge in [0, 0.05) is 30.7 Å². The van der Waals surface area contributed by atoms with E-state index in [1.165, 1.54) is 19.9 Å². The lowest BCUT2D eigenvalue weighted by Crippen LogP contribution is -2.46. The van der Waals surface area contributed by atoms with E-state index in [4.69, 9.17) is 19.5 Å². The van der Waals surface area contributed by atoms with Crippen LogP contribution in [0.25, 0.3) is 11.2 Å². The maximum absolute atomic E-state index is 12.7. The van der Waals surface area contributed by atoms with Gasteiger partial charge in [-0.2, -0.15) is 4.31 Å². The number of carbonyl (C=O) groups excluding carboxylic acids is 3. The summed E-state index contributed by atoms with van der Waals surface area (Å²) in [6.07, 6.45) is 21.2. The number of ether oxygens (including phenoxy) is 1. The molecule has 1 fully saturated rings. The number of anilines is 1. The second-order valence-corrected chi connectivity index (χ2v) is 21.3. The molecule has 3 rings (SSSR count). The van der Waals surface area contributed by atoms with Gasteiger partial charge in [0.25, 0.3) is 0 Å². The first-order valence-corrected chi connectivity index (χ1v) is 27.4. The van der Waals surface area contributed by atoms with Crippen molar-refractivity contribution in [3.05, 3.63) is 73.4 Å². The van der Waals surface area contributed by atoms with E-state index in [2.05, 4.69) is 90.0 Å². The summed E-state index contributed by atoms with van der Waals surface area (Å²) in [6.45, 7) is 2.59. The number of hydrogen-bond donors (Lipinski definition) is 9. The largest absolute Gasteiger partial charge is 0.481 e. The highest BCUT2D eigenvalue weighted by Crippen LogP contribution is 2.61. The van der Waals surface area contributed by atoms with Crippen molar-refractivity contribution in [2.75, 3.05) is 37.8 Å². The number of fused-ring (bicyclic) bond motifs is 1. The summed E-state index contributed by atoms with van der Waals surface area (Å²) in [5.41, 5.74) is 4.27. The fraction of sp³-hybridized carbons (Fsp3) is 0.561. The van der Waals surface area contributed by atoms with Crippen LogP contribution in [0.2, 0.25) is 0 Å². The zero-order valence-corrected chi connectivity index (χ0v) is 42.0. The van der Waals surface area contributed by atoms with Gasteiger partial charge in [-0.1, -0.05) is 87.2 Å². The highest BCUT2D eigenvalue weighted by molar-refractivity contribution is 8.14. The van der Waals surface area contributed by atoms with Crippen molar-refractivity contribution in [1.29, 1.82) is 0 Å². The van der Waals surface area contributed by atoms with Crippen LogP contribution in [0.4, 0.5) is 5.82 Å². The molecule has 2 unspecified atom stereocenters. The van der Waals surface area contributed by atoms with Crippen LogP contribution in [0.5, 0.6) is 0 Å². The molecule has 0 aromatic carbocycles. The Hall–Kier alpha value is -3.74. The predicted octanol–water partition coefficient (Wildman–Crippen LogP) is 4.59. The molecule has 2 amide bonds. The third-order valence-corrected chi connectivity index (χ3v) is 13.6. The Kier molecular flexibility index (Phi) is 25.5. The maximum Gasteiger partial charge on any atom is 0.481 e. The fourth-order valence-corrected chi connectivity index (χ4v) is 9.56. The molecule has 0 spiro atoms. The van der Waals surface area contributed by atoms with E-state index < -0.39 is 84.6 Å². The van der Waals surface area contributed by atoms with E-state index >= 15 is 0 Å². The Morgan fingerprint density at radius 1 is 0.899 bits per heavy atom. The predicted molar refractivity (Wildman–Crippen MR) is 255 cm³/mol. The van der Waals surface area contributed by atoms with Crippen molar-refractivity contribution in [1.82, 2.24) is 30.2 Å². The van der Waals surface area contributed by atoms with E-state index in [0.717, 1.165) is 80.4 Å². The number of carbonyl (C=O) groups is 3. The quantitative estimate of drug-likeness (QED) is 0.0209. The number of aliphatic hydroxyl groups excluding tert-OH is 2. The van der Waals surface area contributed by atoms with Gasteiger partial charge in [0.2, 0.25) is 16.9 Å². The number of nitrogens with two attached hydrogens (primary N) is 1. The first-order valence-electron chi connectivity index (χ1n) is 21.9. The first-order chi connectivity index (χ1) is 32.6. The third kappa shape index (κ3) is 22.5. The first kappa shape index (κ1) is 59.6. The monoisotopic (exact) mass is 1050 g/mol. The zero-order chi connectivity index (χ0) is 51.1. The van der Waals surface area contributed by atoms with Crippen molar-refractivity contribution in [3.63, 3.8) is 0 Å². The number of rotatable bonds is 32. The average Bonchev–Trinajstić information content (AvgIpc) is 3.84. The molecular formula is C41H64N7O17P3S. The van der Waals surface area contributed by atoms with Crippen molar-refractivity contribution in [3.8, 4) is 0 Å². The third-order valence-electron chi connectivity index (χ3n) is 9.71. The summed E-state index contributed by atoms with van der Waals surface area (Å²) < 4.78 is 62.4. The smallest absolute Gasteiger partial charge is 0.386 e. The topological polar surface area (TPSA) is 364 Å². The summed E-state index contributed by atoms with van der Waals surface area (Å²) in [6, 6.07) is 0. The molecule has 10 N–H and O–H groups in total. The Balaban J connectivity index is 1.31. The Morgan fingerprint density at radius 2 is 1.52 bits per heavy atom. The molecule has 0 radical (unpaired) electrons. The number of nitrogen functional groups attached to an aromatic ring is 1. The van der Waals surface area contributed by atoms with Crippen LogP contribution in [-0.2, 0) is 50.7 Å². The van der Waals surface area contributed by atoms with Gasteiger partial charge in [-0.15, -0.1) is 0 Å². The van der Waals surface area contributed by atoms with Gasteiger partial charge in [0.15, 0.2) is 17.7 Å². The molecule has 69 heavy (non-hydrogen) atoms. The number of thioether (sulfide) groups is 1. The van der Waals surface area contributed by atoms with Crippen LogP contribution in [0.15, 0.2) is 73.4 Å². The molecule has 0 bridgehead atoms. The number of amides is 2. The summed E-state index contributed by atoms with van der Waals surface area (Å²) in [5.74, 6) is -1.14. The van der Waals surface area contributed by atoms with Gasteiger partial charge in [-0.25, -0.2) is 28.6 Å². The number of phosphoric acid groups is 3. The van der Waals surface area contributed by atoms with Gasteiger partial charge in [0.1, 0.15) is 36.3 Å². The standard InChI is InChI=1S/C41H64N7O17P3S/c1-4-5-6-7-8-9-10-11-12-13-14-15-16-17-18-19-20-21-32(50)69-25-24-43-31(49)22-23-44-39(53)36(52)41(2,3)27-62-68(59,60)65-67(57,58)61-26-30-35(64-66(54,55)56)34(51)40(63-30)48-29-47-33-37(42)45-28-46-38(33)48/h5-6,8-9,11-12,14-15,20-21,28-30,34-36,40,51-52H,4,7,10,13,16-19,22-27H2,1-3H3,(H,43,49)(H,44,53)(H,57,58)(H,59,60)(H2,42,45,46)(H2,54,55,56)/b6-5-,9-8-,12-11-,15-14-,21-20+/t30-,34-,35-,36+,40-/m1/s1. The molecule has 0 saturated carbocycles. The summed E-state index contributed by atoms with van der Waals surface area (Å²) in [4.78, 5) is 88.3. The minimum atomic E-state index is -5.58. The van der Waals surface area contributed by atoms with Crippen LogP contribution in [0, 0.1) is 5.41 Å². The number of aromatic nitrogens is 4. The molecule has 1 aliphatic rings.